The summed E-state index contributed by atoms with van der Waals surface area (Å²) >= 11 is 6.11. The highest BCUT2D eigenvalue weighted by Crippen LogP contribution is 2.30. The predicted molar refractivity (Wildman–Crippen MR) is 80.1 cm³/mol. The van der Waals surface area contributed by atoms with Gasteiger partial charge < -0.3 is 14.8 Å². The van der Waals surface area contributed by atoms with Crippen LogP contribution < -0.4 is 10.1 Å². The molecule has 4 heteroatoms. The fourth-order valence-corrected chi connectivity index (χ4v) is 2.28. The summed E-state index contributed by atoms with van der Waals surface area (Å²) in [5.74, 6) is 0.885. The average molecular weight is 286 g/mol. The van der Waals surface area contributed by atoms with E-state index in [4.69, 9.17) is 21.1 Å². The highest BCUT2D eigenvalue weighted by molar-refractivity contribution is 6.30. The van der Waals surface area contributed by atoms with Gasteiger partial charge in [-0.3, -0.25) is 0 Å². The quantitative estimate of drug-likeness (QED) is 0.700. The minimum atomic E-state index is 0.253. The van der Waals surface area contributed by atoms with E-state index in [0.717, 1.165) is 48.7 Å². The van der Waals surface area contributed by atoms with Crippen LogP contribution in [0.4, 0.5) is 0 Å². The summed E-state index contributed by atoms with van der Waals surface area (Å²) in [5, 5.41) is 4.29. The number of hydrogen-bond acceptors (Lipinski definition) is 3. The van der Waals surface area contributed by atoms with E-state index in [1.54, 1.807) is 14.2 Å². The van der Waals surface area contributed by atoms with Gasteiger partial charge in [-0.1, -0.05) is 18.5 Å². The third-order valence-corrected chi connectivity index (χ3v) is 3.28. The molecule has 0 spiro atoms. The molecule has 1 unspecified atom stereocenters. The maximum absolute atomic E-state index is 6.11. The highest BCUT2D eigenvalue weighted by Gasteiger charge is 2.15. The first-order chi connectivity index (χ1) is 9.22. The molecule has 0 saturated carbocycles. The molecule has 1 aromatic carbocycles. The molecule has 0 aliphatic heterocycles. The van der Waals surface area contributed by atoms with Gasteiger partial charge in [0.05, 0.1) is 7.11 Å². The number of hydrogen-bond donors (Lipinski definition) is 1. The third kappa shape index (κ3) is 5.39. The van der Waals surface area contributed by atoms with Gasteiger partial charge in [0.1, 0.15) is 5.75 Å². The Balaban J connectivity index is 2.84. The van der Waals surface area contributed by atoms with Crippen molar-refractivity contribution < 1.29 is 9.47 Å². The highest BCUT2D eigenvalue weighted by atomic mass is 35.5. The van der Waals surface area contributed by atoms with E-state index < -0.39 is 0 Å². The van der Waals surface area contributed by atoms with Crippen LogP contribution in [0.15, 0.2) is 18.2 Å². The SMILES string of the molecule is CCCNC(CCCOC)c1cc(Cl)ccc1OC. The Bertz CT molecular complexity index is 371. The standard InChI is InChI=1S/C15H24ClNO2/c1-4-9-17-14(6-5-10-18-2)13-11-12(16)7-8-15(13)19-3/h7-8,11,14,17H,4-6,9-10H2,1-3H3. The van der Waals surface area contributed by atoms with Crippen molar-refractivity contribution in [3.63, 3.8) is 0 Å². The van der Waals surface area contributed by atoms with Crippen LogP contribution in [0.25, 0.3) is 0 Å². The first kappa shape index (κ1) is 16.3. The Morgan fingerprint density at radius 1 is 1.32 bits per heavy atom. The van der Waals surface area contributed by atoms with Crippen LogP contribution >= 0.6 is 11.6 Å². The normalized spacial score (nSPS) is 12.4. The molecule has 1 aromatic rings. The van der Waals surface area contributed by atoms with E-state index in [2.05, 4.69) is 12.2 Å². The first-order valence-corrected chi connectivity index (χ1v) is 7.16. The molecule has 0 fully saturated rings. The molecule has 0 radical (unpaired) electrons. The Labute approximate surface area is 121 Å². The molecule has 1 atom stereocenters. The van der Waals surface area contributed by atoms with Crippen LogP contribution in [0.1, 0.15) is 37.8 Å². The molecule has 0 aliphatic carbocycles. The summed E-state index contributed by atoms with van der Waals surface area (Å²) < 4.78 is 10.6. The van der Waals surface area contributed by atoms with Crippen LogP contribution in [0.3, 0.4) is 0 Å². The van der Waals surface area contributed by atoms with Gasteiger partial charge in [0.15, 0.2) is 0 Å². The monoisotopic (exact) mass is 285 g/mol. The number of methoxy groups -OCH3 is 2. The van der Waals surface area contributed by atoms with E-state index >= 15 is 0 Å². The van der Waals surface area contributed by atoms with Gasteiger partial charge in [0, 0.05) is 30.3 Å². The predicted octanol–water partition coefficient (Wildman–Crippen LogP) is 3.82. The zero-order valence-corrected chi connectivity index (χ0v) is 12.8. The average Bonchev–Trinajstić information content (AvgIpc) is 2.42. The van der Waals surface area contributed by atoms with Crippen LogP contribution in [0, 0.1) is 0 Å². The summed E-state index contributed by atoms with van der Waals surface area (Å²) in [7, 11) is 3.42. The molecule has 1 N–H and O–H groups in total. The Kier molecular flexibility index (Phi) is 7.87. The fraction of sp³-hybridized carbons (Fsp3) is 0.600. The van der Waals surface area contributed by atoms with Crippen molar-refractivity contribution in [2.24, 2.45) is 0 Å². The molecule has 0 heterocycles. The summed E-state index contributed by atoms with van der Waals surface area (Å²) in [6, 6.07) is 6.02. The van der Waals surface area contributed by atoms with Gasteiger partial charge in [-0.05, 0) is 44.0 Å². The minimum Gasteiger partial charge on any atom is -0.496 e. The number of ether oxygens (including phenoxy) is 2. The van der Waals surface area contributed by atoms with Gasteiger partial charge >= 0.3 is 0 Å². The van der Waals surface area contributed by atoms with Gasteiger partial charge in [-0.25, -0.2) is 0 Å². The third-order valence-electron chi connectivity index (χ3n) is 3.05. The maximum atomic E-state index is 6.11. The second-order valence-electron chi connectivity index (χ2n) is 4.53. The molecule has 0 saturated heterocycles. The van der Waals surface area contributed by atoms with Crippen molar-refractivity contribution >= 4 is 11.6 Å². The second kappa shape index (κ2) is 9.18. The fourth-order valence-electron chi connectivity index (χ4n) is 2.10. The van der Waals surface area contributed by atoms with Crippen LogP contribution in [-0.4, -0.2) is 27.4 Å². The van der Waals surface area contributed by atoms with Crippen LogP contribution in [-0.2, 0) is 4.74 Å². The largest absolute Gasteiger partial charge is 0.496 e. The van der Waals surface area contributed by atoms with E-state index in [1.807, 2.05) is 18.2 Å². The van der Waals surface area contributed by atoms with Gasteiger partial charge in [-0.15, -0.1) is 0 Å². The topological polar surface area (TPSA) is 30.5 Å². The zero-order valence-electron chi connectivity index (χ0n) is 12.0. The van der Waals surface area contributed by atoms with Gasteiger partial charge in [-0.2, -0.15) is 0 Å². The summed E-state index contributed by atoms with van der Waals surface area (Å²) in [6.07, 6.45) is 3.11. The smallest absolute Gasteiger partial charge is 0.123 e. The van der Waals surface area contributed by atoms with Crippen molar-refractivity contribution in [2.45, 2.75) is 32.2 Å². The lowest BCUT2D eigenvalue weighted by Crippen LogP contribution is -2.23. The van der Waals surface area contributed by atoms with Crippen LogP contribution in [0.5, 0.6) is 5.75 Å². The Morgan fingerprint density at radius 2 is 2.11 bits per heavy atom. The van der Waals surface area contributed by atoms with E-state index in [9.17, 15) is 0 Å². The van der Waals surface area contributed by atoms with Gasteiger partial charge in [0.2, 0.25) is 0 Å². The zero-order chi connectivity index (χ0) is 14.1. The van der Waals surface area contributed by atoms with Crippen molar-refractivity contribution in [3.05, 3.63) is 28.8 Å². The maximum Gasteiger partial charge on any atom is 0.123 e. The molecule has 0 bridgehead atoms. The number of rotatable bonds is 9. The van der Waals surface area contributed by atoms with Crippen molar-refractivity contribution in [1.29, 1.82) is 0 Å². The number of benzene rings is 1. The summed E-state index contributed by atoms with van der Waals surface area (Å²) in [6.45, 7) is 3.91. The van der Waals surface area contributed by atoms with Crippen molar-refractivity contribution in [2.75, 3.05) is 27.4 Å². The first-order valence-electron chi connectivity index (χ1n) is 6.78. The molecular weight excluding hydrogens is 262 g/mol. The number of nitrogens with one attached hydrogen (secondary N) is 1. The summed E-state index contributed by atoms with van der Waals surface area (Å²) in [4.78, 5) is 0. The summed E-state index contributed by atoms with van der Waals surface area (Å²) in [5.41, 5.74) is 1.12. The lowest BCUT2D eigenvalue weighted by Gasteiger charge is -2.21. The second-order valence-corrected chi connectivity index (χ2v) is 4.96. The van der Waals surface area contributed by atoms with Crippen molar-refractivity contribution in [1.82, 2.24) is 5.32 Å². The molecule has 108 valence electrons. The molecule has 1 rings (SSSR count). The minimum absolute atomic E-state index is 0.253. The molecule has 0 aromatic heterocycles. The Hall–Kier alpha value is -0.770. The molecule has 0 amide bonds. The van der Waals surface area contributed by atoms with Gasteiger partial charge in [0.25, 0.3) is 0 Å². The van der Waals surface area contributed by atoms with Crippen LogP contribution in [0.2, 0.25) is 5.02 Å². The number of halogens is 1. The molecule has 3 nitrogen and oxygen atoms in total. The molecular formula is C15H24ClNO2. The molecule has 19 heavy (non-hydrogen) atoms. The lowest BCUT2D eigenvalue weighted by molar-refractivity contribution is 0.188. The Morgan fingerprint density at radius 3 is 2.74 bits per heavy atom. The lowest BCUT2D eigenvalue weighted by atomic mass is 10.0. The van der Waals surface area contributed by atoms with E-state index in [1.165, 1.54) is 0 Å². The van der Waals surface area contributed by atoms with Crippen molar-refractivity contribution in [3.8, 4) is 5.75 Å². The molecule has 0 aliphatic rings. The van der Waals surface area contributed by atoms with E-state index in [0.29, 0.717) is 0 Å². The van der Waals surface area contributed by atoms with E-state index in [-0.39, 0.29) is 6.04 Å².